The molecule has 5 N–H and O–H groups in total. The molecular formula is C11H17N3OS. The van der Waals surface area contributed by atoms with Crippen LogP contribution in [0.3, 0.4) is 0 Å². The van der Waals surface area contributed by atoms with E-state index < -0.39 is 0 Å². The third-order valence-electron chi connectivity index (χ3n) is 2.18. The van der Waals surface area contributed by atoms with Gasteiger partial charge >= 0.3 is 0 Å². The maximum absolute atomic E-state index is 11.6. The number of nitrogen functional groups attached to an aromatic ring is 1. The predicted octanol–water partition coefficient (Wildman–Crippen LogP) is 1.38. The Morgan fingerprint density at radius 2 is 2.00 bits per heavy atom. The molecule has 0 saturated carbocycles. The molecule has 0 heterocycles. The molecule has 1 aromatic rings. The summed E-state index contributed by atoms with van der Waals surface area (Å²) in [4.78, 5) is 12.5. The number of amides is 1. The van der Waals surface area contributed by atoms with Gasteiger partial charge in [0.25, 0.3) is 0 Å². The van der Waals surface area contributed by atoms with Gasteiger partial charge in [-0.25, -0.2) is 5.84 Å². The number of nitrogens with two attached hydrogens (primary N) is 2. The average molecular weight is 239 g/mol. The summed E-state index contributed by atoms with van der Waals surface area (Å²) in [6.07, 6.45) is 0. The zero-order valence-electron chi connectivity index (χ0n) is 9.44. The van der Waals surface area contributed by atoms with Crippen LogP contribution in [0.4, 0.5) is 5.69 Å². The van der Waals surface area contributed by atoms with Crippen molar-refractivity contribution in [3.63, 3.8) is 0 Å². The van der Waals surface area contributed by atoms with Crippen LogP contribution in [-0.4, -0.2) is 11.2 Å². The Balaban J connectivity index is 2.84. The molecule has 16 heavy (non-hydrogen) atoms. The van der Waals surface area contributed by atoms with Gasteiger partial charge in [0.2, 0.25) is 5.91 Å². The zero-order chi connectivity index (χ0) is 12.1. The summed E-state index contributed by atoms with van der Waals surface area (Å²) >= 11 is 1.44. The number of anilines is 1. The first-order valence-electron chi connectivity index (χ1n) is 5.08. The smallest absolute Gasteiger partial charge is 0.247 e. The Morgan fingerprint density at radius 3 is 2.50 bits per heavy atom. The van der Waals surface area contributed by atoms with E-state index >= 15 is 0 Å². The highest BCUT2D eigenvalue weighted by Gasteiger charge is 2.23. The second-order valence-corrected chi connectivity index (χ2v) is 5.01. The Morgan fingerprint density at radius 1 is 1.38 bits per heavy atom. The maximum Gasteiger partial charge on any atom is 0.247 e. The fourth-order valence-corrected chi connectivity index (χ4v) is 2.38. The molecule has 0 aromatic heterocycles. The van der Waals surface area contributed by atoms with Crippen LogP contribution in [0.5, 0.6) is 0 Å². The molecule has 5 heteroatoms. The first-order valence-corrected chi connectivity index (χ1v) is 5.96. The number of hydrazine groups is 1. The number of thioether (sulfide) groups is 1. The van der Waals surface area contributed by atoms with E-state index in [4.69, 9.17) is 11.6 Å². The molecule has 1 aromatic carbocycles. The van der Waals surface area contributed by atoms with Gasteiger partial charge in [-0.05, 0) is 18.1 Å². The minimum Gasteiger partial charge on any atom is -0.398 e. The fraction of sp³-hybridized carbons (Fsp3) is 0.364. The molecular weight excluding hydrogens is 222 g/mol. The predicted molar refractivity (Wildman–Crippen MR) is 67.7 cm³/mol. The van der Waals surface area contributed by atoms with Crippen LogP contribution in [-0.2, 0) is 4.79 Å². The zero-order valence-corrected chi connectivity index (χ0v) is 10.3. The van der Waals surface area contributed by atoms with Gasteiger partial charge in [0.15, 0.2) is 0 Å². The number of carbonyl (C=O) groups is 1. The van der Waals surface area contributed by atoms with Gasteiger partial charge in [-0.2, -0.15) is 0 Å². The number of rotatable bonds is 4. The van der Waals surface area contributed by atoms with Crippen molar-refractivity contribution in [2.24, 2.45) is 11.8 Å². The second kappa shape index (κ2) is 5.77. The van der Waals surface area contributed by atoms with Gasteiger partial charge in [0.1, 0.15) is 0 Å². The van der Waals surface area contributed by atoms with Gasteiger partial charge in [-0.1, -0.05) is 26.0 Å². The second-order valence-electron chi connectivity index (χ2n) is 3.83. The molecule has 1 atom stereocenters. The topological polar surface area (TPSA) is 81.1 Å². The van der Waals surface area contributed by atoms with Gasteiger partial charge < -0.3 is 5.73 Å². The molecule has 1 unspecified atom stereocenters. The SMILES string of the molecule is CC(C)C(Sc1ccccc1N)C(=O)NN. The first kappa shape index (κ1) is 12.9. The van der Waals surface area contributed by atoms with Gasteiger partial charge in [-0.15, -0.1) is 11.8 Å². The standard InChI is InChI=1S/C11H17N3OS/c1-7(2)10(11(15)14-13)16-9-6-4-3-5-8(9)12/h3-7,10H,12-13H2,1-2H3,(H,14,15). The summed E-state index contributed by atoms with van der Waals surface area (Å²) in [7, 11) is 0. The number of carbonyl (C=O) groups excluding carboxylic acids is 1. The average Bonchev–Trinajstić information content (AvgIpc) is 2.26. The molecule has 88 valence electrons. The monoisotopic (exact) mass is 239 g/mol. The third kappa shape index (κ3) is 3.15. The molecule has 0 aliphatic heterocycles. The largest absolute Gasteiger partial charge is 0.398 e. The fourth-order valence-electron chi connectivity index (χ4n) is 1.30. The van der Waals surface area contributed by atoms with Crippen molar-refractivity contribution in [2.75, 3.05) is 5.73 Å². The number of hydrogen-bond acceptors (Lipinski definition) is 4. The van der Waals surface area contributed by atoms with E-state index in [0.717, 1.165) is 4.90 Å². The summed E-state index contributed by atoms with van der Waals surface area (Å²) in [6, 6.07) is 7.49. The van der Waals surface area contributed by atoms with E-state index in [-0.39, 0.29) is 17.1 Å². The Kier molecular flexibility index (Phi) is 4.64. The summed E-state index contributed by atoms with van der Waals surface area (Å²) in [5, 5.41) is -0.227. The van der Waals surface area contributed by atoms with Gasteiger partial charge in [0.05, 0.1) is 5.25 Å². The summed E-state index contributed by atoms with van der Waals surface area (Å²) in [6.45, 7) is 3.96. The minimum absolute atomic E-state index is 0.178. The number of nitrogens with one attached hydrogen (secondary N) is 1. The molecule has 1 rings (SSSR count). The van der Waals surface area contributed by atoms with Crippen molar-refractivity contribution < 1.29 is 4.79 Å². The highest BCUT2D eigenvalue weighted by Crippen LogP contribution is 2.31. The van der Waals surface area contributed by atoms with Crippen molar-refractivity contribution >= 4 is 23.4 Å². The van der Waals surface area contributed by atoms with E-state index in [9.17, 15) is 4.79 Å². The van der Waals surface area contributed by atoms with Crippen molar-refractivity contribution in [1.29, 1.82) is 0 Å². The Labute approximate surface area is 99.7 Å². The minimum atomic E-state index is -0.227. The van der Waals surface area contributed by atoms with Crippen molar-refractivity contribution in [3.05, 3.63) is 24.3 Å². The summed E-state index contributed by atoms with van der Waals surface area (Å²) in [5.41, 5.74) is 8.70. The van der Waals surface area contributed by atoms with Crippen LogP contribution < -0.4 is 17.0 Å². The van der Waals surface area contributed by atoms with Crippen LogP contribution >= 0.6 is 11.8 Å². The van der Waals surface area contributed by atoms with Crippen molar-refractivity contribution in [2.45, 2.75) is 24.0 Å². The molecule has 0 fully saturated rings. The van der Waals surface area contributed by atoms with E-state index in [1.165, 1.54) is 11.8 Å². The highest BCUT2D eigenvalue weighted by molar-refractivity contribution is 8.00. The van der Waals surface area contributed by atoms with Crippen LogP contribution in [0, 0.1) is 5.92 Å². The Hall–Kier alpha value is -1.20. The van der Waals surface area contributed by atoms with E-state index in [0.29, 0.717) is 5.69 Å². The van der Waals surface area contributed by atoms with E-state index in [1.54, 1.807) is 0 Å². The van der Waals surface area contributed by atoms with Crippen molar-refractivity contribution in [3.8, 4) is 0 Å². The van der Waals surface area contributed by atoms with E-state index in [1.807, 2.05) is 38.1 Å². The molecule has 0 bridgehead atoms. The quantitative estimate of drug-likeness (QED) is 0.244. The molecule has 0 saturated heterocycles. The molecule has 0 aliphatic rings. The number of para-hydroxylation sites is 1. The Bertz CT molecular complexity index is 368. The first-order chi connectivity index (χ1) is 7.56. The van der Waals surface area contributed by atoms with Crippen LogP contribution in [0.2, 0.25) is 0 Å². The maximum atomic E-state index is 11.6. The lowest BCUT2D eigenvalue weighted by Crippen LogP contribution is -2.39. The lowest BCUT2D eigenvalue weighted by molar-refractivity contribution is -0.121. The van der Waals surface area contributed by atoms with Crippen molar-refractivity contribution in [1.82, 2.24) is 5.43 Å². The van der Waals surface area contributed by atoms with Crippen LogP contribution in [0.1, 0.15) is 13.8 Å². The molecule has 0 radical (unpaired) electrons. The lowest BCUT2D eigenvalue weighted by Gasteiger charge is -2.19. The van der Waals surface area contributed by atoms with E-state index in [2.05, 4.69) is 5.43 Å². The molecule has 4 nitrogen and oxygen atoms in total. The highest BCUT2D eigenvalue weighted by atomic mass is 32.2. The van der Waals surface area contributed by atoms with Crippen LogP contribution in [0.25, 0.3) is 0 Å². The number of benzene rings is 1. The molecule has 0 aliphatic carbocycles. The van der Waals surface area contributed by atoms with Gasteiger partial charge in [0, 0.05) is 10.6 Å². The molecule has 1 amide bonds. The third-order valence-corrected chi connectivity index (χ3v) is 3.82. The lowest BCUT2D eigenvalue weighted by atomic mass is 10.1. The normalized spacial score (nSPS) is 12.5. The van der Waals surface area contributed by atoms with Crippen LogP contribution in [0.15, 0.2) is 29.2 Å². The molecule has 0 spiro atoms. The number of hydrogen-bond donors (Lipinski definition) is 3. The summed E-state index contributed by atoms with van der Waals surface area (Å²) in [5.74, 6) is 5.17. The summed E-state index contributed by atoms with van der Waals surface area (Å²) < 4.78 is 0. The van der Waals surface area contributed by atoms with Gasteiger partial charge in [-0.3, -0.25) is 10.2 Å².